The summed E-state index contributed by atoms with van der Waals surface area (Å²) < 4.78 is 0. The molecule has 0 heterocycles. The van der Waals surface area contributed by atoms with Crippen molar-refractivity contribution in [2.45, 2.75) is 19.9 Å². The van der Waals surface area contributed by atoms with Gasteiger partial charge in [0.25, 0.3) is 0 Å². The smallest absolute Gasteiger partial charge is 0.134 e. The molecule has 0 radical (unpaired) electrons. The first-order chi connectivity index (χ1) is 4.04. The van der Waals surface area contributed by atoms with Crippen molar-refractivity contribution in [1.82, 2.24) is 5.32 Å². The van der Waals surface area contributed by atoms with Crippen molar-refractivity contribution < 1.29 is 0 Å². The van der Waals surface area contributed by atoms with E-state index in [2.05, 4.69) is 17.5 Å². The van der Waals surface area contributed by atoms with E-state index in [4.69, 9.17) is 18.0 Å². The summed E-state index contributed by atoms with van der Waals surface area (Å²) in [7, 11) is 0. The molecule has 0 fully saturated rings. The largest absolute Gasteiger partial charge is 0.388 e. The lowest BCUT2D eigenvalue weighted by atomic mass is 10.4. The first kappa shape index (κ1) is 8.78. The molecule has 0 aliphatic heterocycles. The molecule has 0 rings (SSSR count). The fourth-order valence-corrected chi connectivity index (χ4v) is 0.628. The lowest BCUT2D eigenvalue weighted by molar-refractivity contribution is 0.744. The zero-order valence-electron chi connectivity index (χ0n) is 5.47. The van der Waals surface area contributed by atoms with Crippen molar-refractivity contribution in [1.29, 1.82) is 0 Å². The van der Waals surface area contributed by atoms with Gasteiger partial charge < -0.3 is 11.1 Å². The predicted molar refractivity (Wildman–Crippen MR) is 47.7 cm³/mol. The molecule has 9 heavy (non-hydrogen) atoms. The summed E-state index contributed by atoms with van der Waals surface area (Å²) in [5.74, 6) is 0. The number of nitrogens with one attached hydrogen (secondary N) is 1. The van der Waals surface area contributed by atoms with E-state index < -0.39 is 0 Å². The molecule has 0 aliphatic carbocycles. The van der Waals surface area contributed by atoms with Gasteiger partial charge in [0, 0.05) is 6.04 Å². The fraction of sp³-hybridized carbons (Fsp3) is 0.600. The number of nitrogens with two attached hydrogens (primary N) is 1. The van der Waals surface area contributed by atoms with Crippen molar-refractivity contribution in [2.24, 2.45) is 5.73 Å². The number of thiocarbonyl (C=S) groups is 2. The molecule has 0 spiro atoms. The monoisotopic (exact) mass is 162 g/mol. The topological polar surface area (TPSA) is 38.0 Å². The van der Waals surface area contributed by atoms with E-state index in [1.807, 2.05) is 13.8 Å². The fourth-order valence-electron chi connectivity index (χ4n) is 0.333. The Morgan fingerprint density at radius 1 is 1.44 bits per heavy atom. The van der Waals surface area contributed by atoms with Crippen molar-refractivity contribution in [2.75, 3.05) is 0 Å². The Balaban J connectivity index is 3.65. The highest BCUT2D eigenvalue weighted by atomic mass is 32.1. The van der Waals surface area contributed by atoms with Gasteiger partial charge in [-0.05, 0) is 13.8 Å². The van der Waals surface area contributed by atoms with Crippen LogP contribution in [0.4, 0.5) is 0 Å². The Kier molecular flexibility index (Phi) is 3.65. The van der Waals surface area contributed by atoms with Crippen LogP contribution in [0.15, 0.2) is 0 Å². The Morgan fingerprint density at radius 3 is 2.00 bits per heavy atom. The van der Waals surface area contributed by atoms with Crippen molar-refractivity contribution in [3.8, 4) is 0 Å². The van der Waals surface area contributed by atoms with E-state index in [0.29, 0.717) is 11.0 Å². The second-order valence-electron chi connectivity index (χ2n) is 1.99. The number of hydrogen-bond donors (Lipinski definition) is 2. The molecular weight excluding hydrogens is 152 g/mol. The zero-order valence-corrected chi connectivity index (χ0v) is 7.10. The van der Waals surface area contributed by atoms with E-state index in [-0.39, 0.29) is 4.99 Å². The number of rotatable bonds is 1. The molecule has 0 saturated carbocycles. The van der Waals surface area contributed by atoms with Gasteiger partial charge in [-0.25, -0.2) is 0 Å². The third kappa shape index (κ3) is 4.29. The molecule has 52 valence electrons. The predicted octanol–water partition coefficient (Wildman–Crippen LogP) is 0.598. The van der Waals surface area contributed by atoms with Gasteiger partial charge in [0.1, 0.15) is 9.98 Å². The average molecular weight is 162 g/mol. The molecule has 0 atom stereocenters. The molecule has 3 N–H and O–H groups in total. The van der Waals surface area contributed by atoms with Gasteiger partial charge in [0.15, 0.2) is 0 Å². The Hall–Kier alpha value is -0.220. The Morgan fingerprint density at radius 2 is 1.89 bits per heavy atom. The molecule has 0 aliphatic rings. The zero-order chi connectivity index (χ0) is 7.44. The average Bonchev–Trinajstić information content (AvgIpc) is 1.63. The summed E-state index contributed by atoms with van der Waals surface area (Å²) in [6.45, 7) is 3.95. The van der Waals surface area contributed by atoms with Crippen LogP contribution in [0.1, 0.15) is 13.8 Å². The van der Waals surface area contributed by atoms with Crippen molar-refractivity contribution in [3.05, 3.63) is 0 Å². The van der Waals surface area contributed by atoms with E-state index in [9.17, 15) is 0 Å². The summed E-state index contributed by atoms with van der Waals surface area (Å²) in [5, 5.41) is 2.91. The number of hydrogen-bond acceptors (Lipinski definition) is 2. The quantitative estimate of drug-likeness (QED) is 0.554. The van der Waals surface area contributed by atoms with Crippen LogP contribution in [0, 0.1) is 0 Å². The summed E-state index contributed by atoms with van der Waals surface area (Å²) in [5.41, 5.74) is 5.21. The van der Waals surface area contributed by atoms with Crippen molar-refractivity contribution >= 4 is 34.4 Å². The van der Waals surface area contributed by atoms with Gasteiger partial charge in [-0.2, -0.15) is 0 Å². The maximum Gasteiger partial charge on any atom is 0.134 e. The minimum Gasteiger partial charge on any atom is -0.388 e. The molecular formula is C5H10N2S2. The second kappa shape index (κ2) is 3.74. The van der Waals surface area contributed by atoms with Gasteiger partial charge in [0.05, 0.1) is 0 Å². The summed E-state index contributed by atoms with van der Waals surface area (Å²) in [6, 6.07) is 0.305. The summed E-state index contributed by atoms with van der Waals surface area (Å²) in [4.78, 5) is 0.735. The van der Waals surface area contributed by atoms with Gasteiger partial charge in [0.2, 0.25) is 0 Å². The second-order valence-corrected chi connectivity index (χ2v) is 2.84. The minimum atomic E-state index is 0.263. The molecule has 0 unspecified atom stereocenters. The molecule has 0 aromatic heterocycles. The van der Waals surface area contributed by atoms with Crippen LogP contribution < -0.4 is 11.1 Å². The van der Waals surface area contributed by atoms with Crippen LogP contribution in [-0.2, 0) is 0 Å². The molecule has 2 nitrogen and oxygen atoms in total. The lowest BCUT2D eigenvalue weighted by Gasteiger charge is -2.08. The van der Waals surface area contributed by atoms with Crippen LogP contribution in [0.25, 0.3) is 0 Å². The standard InChI is InChI=1S/C5H10N2S2/c1-3(2)7-5(9)4(6)8/h3H,1-2H3,(H2,6,8)(H,7,9). The van der Waals surface area contributed by atoms with E-state index in [1.54, 1.807) is 0 Å². The molecule has 4 heteroatoms. The third-order valence-electron chi connectivity index (χ3n) is 0.644. The molecule has 0 saturated heterocycles. The van der Waals surface area contributed by atoms with Gasteiger partial charge in [-0.15, -0.1) is 0 Å². The van der Waals surface area contributed by atoms with Crippen LogP contribution in [0.3, 0.4) is 0 Å². The van der Waals surface area contributed by atoms with Crippen LogP contribution in [0.5, 0.6) is 0 Å². The van der Waals surface area contributed by atoms with Crippen LogP contribution in [0.2, 0.25) is 0 Å². The molecule has 0 aromatic rings. The molecule has 0 aromatic carbocycles. The van der Waals surface area contributed by atoms with Gasteiger partial charge >= 0.3 is 0 Å². The van der Waals surface area contributed by atoms with Crippen LogP contribution in [-0.4, -0.2) is 16.0 Å². The maximum absolute atomic E-state index is 5.21. The Bertz CT molecular complexity index is 131. The third-order valence-corrected chi connectivity index (χ3v) is 1.31. The molecule has 0 bridgehead atoms. The van der Waals surface area contributed by atoms with E-state index in [0.717, 1.165) is 0 Å². The minimum absolute atomic E-state index is 0.263. The van der Waals surface area contributed by atoms with Crippen molar-refractivity contribution in [3.63, 3.8) is 0 Å². The lowest BCUT2D eigenvalue weighted by Crippen LogP contribution is -2.37. The van der Waals surface area contributed by atoms with Crippen LogP contribution >= 0.6 is 24.4 Å². The first-order valence-electron chi connectivity index (χ1n) is 2.64. The highest BCUT2D eigenvalue weighted by Gasteiger charge is 1.99. The van der Waals surface area contributed by atoms with E-state index >= 15 is 0 Å². The van der Waals surface area contributed by atoms with Gasteiger partial charge in [-0.1, -0.05) is 24.4 Å². The highest BCUT2D eigenvalue weighted by Crippen LogP contribution is 1.79. The van der Waals surface area contributed by atoms with Gasteiger partial charge in [-0.3, -0.25) is 0 Å². The first-order valence-corrected chi connectivity index (χ1v) is 3.46. The van der Waals surface area contributed by atoms with E-state index in [1.165, 1.54) is 0 Å². The molecule has 0 amide bonds. The summed E-state index contributed by atoms with van der Waals surface area (Å²) >= 11 is 9.39. The highest BCUT2D eigenvalue weighted by molar-refractivity contribution is 7.89. The summed E-state index contributed by atoms with van der Waals surface area (Å²) in [6.07, 6.45) is 0. The SMILES string of the molecule is CC(C)NC(=S)C(N)=S. The maximum atomic E-state index is 5.21. The normalized spacial score (nSPS) is 9.22. The Labute approximate surface area is 65.8 Å².